The fourth-order valence-electron chi connectivity index (χ4n) is 4.68. The van der Waals surface area contributed by atoms with Crippen LogP contribution in [-0.4, -0.2) is 60.0 Å². The summed E-state index contributed by atoms with van der Waals surface area (Å²) in [5.74, 6) is -0.870. The van der Waals surface area contributed by atoms with Gasteiger partial charge in [-0.3, -0.25) is 15.0 Å². The number of carbonyl (C=O) groups is 4. The molecule has 0 radical (unpaired) electrons. The van der Waals surface area contributed by atoms with Crippen molar-refractivity contribution >= 4 is 24.1 Å². The number of ether oxygens (including phenoxy) is 4. The Kier molecular flexibility index (Phi) is 13.8. The molecule has 0 saturated carbocycles. The SMILES string of the molecule is Cc1cccc(C)c1OCC(=O)NN(Cc1ccccc1)C(=O)[C@@H](OC(=O)OCC(C)C)[C@H](Cc1ccccc1)NC(=O)OC(C)(C)C. The average molecular weight is 662 g/mol. The Balaban J connectivity index is 1.99. The van der Waals surface area contributed by atoms with Crippen LogP contribution < -0.4 is 15.5 Å². The van der Waals surface area contributed by atoms with E-state index < -0.39 is 48.4 Å². The molecule has 0 saturated heterocycles. The Hall–Kier alpha value is -5.06. The van der Waals surface area contributed by atoms with Crippen LogP contribution in [0.2, 0.25) is 0 Å². The highest BCUT2D eigenvalue weighted by atomic mass is 16.7. The fraction of sp³-hybridized carbons (Fsp3) is 0.405. The van der Waals surface area contributed by atoms with E-state index >= 15 is 0 Å². The zero-order valence-corrected chi connectivity index (χ0v) is 28.8. The molecule has 0 aromatic heterocycles. The summed E-state index contributed by atoms with van der Waals surface area (Å²) in [6.07, 6.45) is -3.48. The number of aryl methyl sites for hydroxylation is 2. The lowest BCUT2D eigenvalue weighted by molar-refractivity contribution is -0.152. The molecular weight excluding hydrogens is 614 g/mol. The molecule has 11 heteroatoms. The lowest BCUT2D eigenvalue weighted by Gasteiger charge is -2.32. The van der Waals surface area contributed by atoms with Gasteiger partial charge in [0.05, 0.1) is 19.2 Å². The third-order valence-electron chi connectivity index (χ3n) is 6.83. The highest BCUT2D eigenvalue weighted by molar-refractivity contribution is 5.87. The van der Waals surface area contributed by atoms with E-state index in [1.165, 1.54) is 0 Å². The molecular formula is C37H47N3O8. The molecule has 0 aliphatic heterocycles. The van der Waals surface area contributed by atoms with Gasteiger partial charge in [-0.2, -0.15) is 0 Å². The number of hydrogen-bond donors (Lipinski definition) is 2. The second kappa shape index (κ2) is 17.7. The number of amides is 3. The number of nitrogens with one attached hydrogen (secondary N) is 2. The summed E-state index contributed by atoms with van der Waals surface area (Å²) in [7, 11) is 0. The summed E-state index contributed by atoms with van der Waals surface area (Å²) in [5.41, 5.74) is 4.92. The lowest BCUT2D eigenvalue weighted by Crippen LogP contribution is -2.58. The number of benzene rings is 3. The van der Waals surface area contributed by atoms with E-state index in [9.17, 15) is 19.2 Å². The maximum atomic E-state index is 14.5. The van der Waals surface area contributed by atoms with E-state index in [1.807, 2.05) is 82.3 Å². The van der Waals surface area contributed by atoms with E-state index in [2.05, 4.69) is 10.7 Å². The van der Waals surface area contributed by atoms with Crippen LogP contribution in [0.4, 0.5) is 9.59 Å². The molecule has 3 rings (SSSR count). The van der Waals surface area contributed by atoms with Gasteiger partial charge < -0.3 is 24.3 Å². The van der Waals surface area contributed by atoms with Crippen molar-refractivity contribution in [1.29, 1.82) is 0 Å². The Morgan fingerprint density at radius 3 is 1.96 bits per heavy atom. The highest BCUT2D eigenvalue weighted by Gasteiger charge is 2.39. The normalized spacial score (nSPS) is 12.3. The molecule has 0 aliphatic carbocycles. The van der Waals surface area contributed by atoms with Crippen molar-refractivity contribution in [2.24, 2.45) is 5.92 Å². The van der Waals surface area contributed by atoms with Gasteiger partial charge in [0, 0.05) is 0 Å². The Morgan fingerprint density at radius 2 is 1.40 bits per heavy atom. The minimum absolute atomic E-state index is 0.00235. The maximum absolute atomic E-state index is 14.5. The van der Waals surface area contributed by atoms with Gasteiger partial charge in [-0.25, -0.2) is 14.6 Å². The molecule has 11 nitrogen and oxygen atoms in total. The molecule has 3 aromatic carbocycles. The first-order valence-electron chi connectivity index (χ1n) is 15.9. The second-order valence-electron chi connectivity index (χ2n) is 12.9. The van der Waals surface area contributed by atoms with Crippen LogP contribution in [-0.2, 0) is 36.8 Å². The fourth-order valence-corrected chi connectivity index (χ4v) is 4.68. The number of carbonyl (C=O) groups excluding carboxylic acids is 4. The number of hydrazine groups is 1. The molecule has 0 heterocycles. The summed E-state index contributed by atoms with van der Waals surface area (Å²) in [5, 5.41) is 3.78. The van der Waals surface area contributed by atoms with Gasteiger partial charge >= 0.3 is 12.2 Å². The zero-order valence-electron chi connectivity index (χ0n) is 28.8. The standard InChI is InChI=1S/C37H47N3O8/c1-25(2)23-46-36(44)47-33(30(21-28-17-10-8-11-18-28)38-35(43)48-37(5,6)7)34(42)40(22-29-19-12-9-13-20-29)39-31(41)24-45-32-26(3)15-14-16-27(32)4/h8-20,25,30,33H,21-24H2,1-7H3,(H,38,43)(H,39,41)/t30-,33-/m0/s1. The summed E-state index contributed by atoms with van der Waals surface area (Å²) >= 11 is 0. The molecule has 2 N–H and O–H groups in total. The first-order valence-corrected chi connectivity index (χ1v) is 15.9. The van der Waals surface area contributed by atoms with E-state index in [1.54, 1.807) is 45.0 Å². The van der Waals surface area contributed by atoms with Crippen LogP contribution in [0.25, 0.3) is 0 Å². The van der Waals surface area contributed by atoms with Crippen LogP contribution in [0.5, 0.6) is 5.75 Å². The van der Waals surface area contributed by atoms with E-state index in [4.69, 9.17) is 18.9 Å². The second-order valence-corrected chi connectivity index (χ2v) is 12.9. The Morgan fingerprint density at radius 1 is 0.812 bits per heavy atom. The summed E-state index contributed by atoms with van der Waals surface area (Å²) in [6, 6.07) is 22.6. The minimum atomic E-state index is -1.64. The molecule has 0 unspecified atom stereocenters. The summed E-state index contributed by atoms with van der Waals surface area (Å²) < 4.78 is 22.3. The monoisotopic (exact) mass is 661 g/mol. The van der Waals surface area contributed by atoms with Crippen LogP contribution in [0.15, 0.2) is 78.9 Å². The molecule has 0 bridgehead atoms. The molecule has 3 aromatic rings. The van der Waals surface area contributed by atoms with Crippen LogP contribution in [0.3, 0.4) is 0 Å². The largest absolute Gasteiger partial charge is 0.509 e. The average Bonchev–Trinajstić information content (AvgIpc) is 3.01. The van der Waals surface area contributed by atoms with Crippen molar-refractivity contribution in [3.8, 4) is 5.75 Å². The summed E-state index contributed by atoms with van der Waals surface area (Å²) in [4.78, 5) is 53.9. The Bertz CT molecular complexity index is 1490. The van der Waals surface area contributed by atoms with Gasteiger partial charge in [-0.05, 0) is 69.2 Å². The lowest BCUT2D eigenvalue weighted by atomic mass is 10.00. The van der Waals surface area contributed by atoms with E-state index in [-0.39, 0.29) is 25.5 Å². The Labute approximate surface area is 282 Å². The number of rotatable bonds is 13. The van der Waals surface area contributed by atoms with Crippen molar-refractivity contribution < 1.29 is 38.1 Å². The molecule has 258 valence electrons. The van der Waals surface area contributed by atoms with Gasteiger partial charge in [0.15, 0.2) is 6.61 Å². The van der Waals surface area contributed by atoms with Crippen molar-refractivity contribution in [3.63, 3.8) is 0 Å². The van der Waals surface area contributed by atoms with Gasteiger partial charge in [-0.15, -0.1) is 0 Å². The van der Waals surface area contributed by atoms with Gasteiger partial charge in [0.2, 0.25) is 6.10 Å². The van der Waals surface area contributed by atoms with Crippen LogP contribution in [0.1, 0.15) is 56.9 Å². The first-order chi connectivity index (χ1) is 22.7. The molecule has 3 amide bonds. The predicted octanol–water partition coefficient (Wildman–Crippen LogP) is 6.06. The van der Waals surface area contributed by atoms with E-state index in [0.717, 1.165) is 21.7 Å². The maximum Gasteiger partial charge on any atom is 0.509 e. The number of para-hydroxylation sites is 1. The first kappa shape index (κ1) is 37.4. The highest BCUT2D eigenvalue weighted by Crippen LogP contribution is 2.22. The predicted molar refractivity (Wildman–Crippen MR) is 181 cm³/mol. The van der Waals surface area contributed by atoms with Gasteiger partial charge in [0.25, 0.3) is 11.8 Å². The molecule has 0 fully saturated rings. The smallest absolute Gasteiger partial charge is 0.483 e. The van der Waals surface area contributed by atoms with Crippen molar-refractivity contribution in [2.75, 3.05) is 13.2 Å². The third-order valence-corrected chi connectivity index (χ3v) is 6.83. The number of hydrogen-bond acceptors (Lipinski definition) is 8. The van der Waals surface area contributed by atoms with Crippen LogP contribution in [0, 0.1) is 19.8 Å². The van der Waals surface area contributed by atoms with Crippen molar-refractivity contribution in [3.05, 3.63) is 101 Å². The van der Waals surface area contributed by atoms with Crippen molar-refractivity contribution in [2.45, 2.75) is 79.2 Å². The zero-order chi connectivity index (χ0) is 35.3. The van der Waals surface area contributed by atoms with Crippen molar-refractivity contribution in [1.82, 2.24) is 15.8 Å². The van der Waals surface area contributed by atoms with Gasteiger partial charge in [-0.1, -0.05) is 92.7 Å². The molecule has 0 aliphatic rings. The number of nitrogens with zero attached hydrogens (tertiary/aromatic N) is 1. The van der Waals surface area contributed by atoms with Gasteiger partial charge in [0.1, 0.15) is 11.4 Å². The molecule has 0 spiro atoms. The summed E-state index contributed by atoms with van der Waals surface area (Å²) in [6.45, 7) is 12.1. The topological polar surface area (TPSA) is 132 Å². The third kappa shape index (κ3) is 12.6. The van der Waals surface area contributed by atoms with E-state index in [0.29, 0.717) is 11.3 Å². The van der Waals surface area contributed by atoms with Crippen LogP contribution >= 0.6 is 0 Å². The number of alkyl carbamates (subject to hydrolysis) is 1. The quantitative estimate of drug-likeness (QED) is 0.167. The molecule has 48 heavy (non-hydrogen) atoms. The molecule has 2 atom stereocenters. The minimum Gasteiger partial charge on any atom is -0.483 e.